The Hall–Kier alpha value is -2.89. The molecule has 0 spiro atoms. The fraction of sp³-hybridized carbons (Fsp3) is 0.346. The Labute approximate surface area is 225 Å². The zero-order valence-corrected chi connectivity index (χ0v) is 23.4. The van der Waals surface area contributed by atoms with E-state index in [0.717, 1.165) is 53.9 Å². The van der Waals surface area contributed by atoms with Crippen LogP contribution in [0.1, 0.15) is 41.7 Å². The van der Waals surface area contributed by atoms with E-state index in [2.05, 4.69) is 15.6 Å². The summed E-state index contributed by atoms with van der Waals surface area (Å²) in [5.41, 5.74) is 2.15. The quantitative estimate of drug-likeness (QED) is 0.248. The minimum Gasteiger partial charge on any atom is -0.378 e. The lowest BCUT2D eigenvalue weighted by Crippen LogP contribution is -2.22. The number of hydrogen-bond donors (Lipinski definition) is 2. The third-order valence-corrected chi connectivity index (χ3v) is 10.00. The van der Waals surface area contributed by atoms with Crippen LogP contribution in [0, 0.1) is 5.92 Å². The van der Waals surface area contributed by atoms with Crippen LogP contribution in [0.2, 0.25) is 0 Å². The molecule has 1 saturated carbocycles. The van der Waals surface area contributed by atoms with Gasteiger partial charge in [0.2, 0.25) is 0 Å². The van der Waals surface area contributed by atoms with Crippen molar-refractivity contribution in [2.24, 2.45) is 5.92 Å². The Kier molecular flexibility index (Phi) is 8.56. The summed E-state index contributed by atoms with van der Waals surface area (Å²) >= 11 is 2.39. The zero-order valence-electron chi connectivity index (χ0n) is 21.0. The van der Waals surface area contributed by atoms with Crippen molar-refractivity contribution in [2.45, 2.75) is 40.5 Å². The molecule has 1 aliphatic rings. The van der Waals surface area contributed by atoms with Crippen LogP contribution in [0.4, 0.5) is 21.3 Å². The summed E-state index contributed by atoms with van der Waals surface area (Å²) in [6, 6.07) is 14.4. The van der Waals surface area contributed by atoms with Gasteiger partial charge in [0.25, 0.3) is 0 Å². The standard InChI is InChI=1S/C26H30N4O4S3/c1-30(2)18-13-14-21(20(15-18)23(31)17-9-7-8-10-17)27-25(32)29-26-28-22(24(36-26)37(3,33)34)16-35-19-11-5-4-6-12-19/h4-6,11-15,17H,7-10,16H2,1-3H3,(H2,27,28,29,32). The number of sulfone groups is 1. The summed E-state index contributed by atoms with van der Waals surface area (Å²) in [4.78, 5) is 33.5. The second kappa shape index (κ2) is 11.7. The zero-order chi connectivity index (χ0) is 26.6. The second-order valence-electron chi connectivity index (χ2n) is 9.18. The van der Waals surface area contributed by atoms with Crippen molar-refractivity contribution in [1.29, 1.82) is 0 Å². The maximum atomic E-state index is 13.3. The molecule has 37 heavy (non-hydrogen) atoms. The van der Waals surface area contributed by atoms with E-state index in [1.54, 1.807) is 12.1 Å². The number of nitrogens with one attached hydrogen (secondary N) is 2. The number of benzene rings is 2. The Balaban J connectivity index is 1.53. The Morgan fingerprint density at radius 1 is 1.08 bits per heavy atom. The molecule has 1 heterocycles. The Bertz CT molecular complexity index is 1380. The number of carbonyl (C=O) groups excluding carboxylic acids is 2. The summed E-state index contributed by atoms with van der Waals surface area (Å²) in [7, 11) is 0.264. The van der Waals surface area contributed by atoms with Crippen molar-refractivity contribution < 1.29 is 18.0 Å². The van der Waals surface area contributed by atoms with Gasteiger partial charge in [-0.05, 0) is 43.2 Å². The minimum atomic E-state index is -3.53. The molecule has 0 radical (unpaired) electrons. The van der Waals surface area contributed by atoms with Crippen molar-refractivity contribution in [2.75, 3.05) is 35.9 Å². The average molecular weight is 559 g/mol. The smallest absolute Gasteiger partial charge is 0.325 e. The Morgan fingerprint density at radius 3 is 2.43 bits per heavy atom. The first-order chi connectivity index (χ1) is 17.6. The summed E-state index contributed by atoms with van der Waals surface area (Å²) in [5.74, 6) is 0.338. The molecule has 3 aromatic rings. The number of Topliss-reactive ketones (excluding diaryl/α,β-unsaturated/α-hetero) is 1. The van der Waals surface area contributed by atoms with Crippen LogP contribution in [0.5, 0.6) is 0 Å². The molecule has 4 rings (SSSR count). The topological polar surface area (TPSA) is 108 Å². The predicted molar refractivity (Wildman–Crippen MR) is 151 cm³/mol. The van der Waals surface area contributed by atoms with Crippen LogP contribution >= 0.6 is 23.1 Å². The summed E-state index contributed by atoms with van der Waals surface area (Å²) in [6.45, 7) is 0. The summed E-state index contributed by atoms with van der Waals surface area (Å²) in [5, 5.41) is 5.61. The highest BCUT2D eigenvalue weighted by Gasteiger charge is 2.27. The predicted octanol–water partition coefficient (Wildman–Crippen LogP) is 5.92. The molecule has 196 valence electrons. The van der Waals surface area contributed by atoms with Gasteiger partial charge in [-0.15, -0.1) is 11.8 Å². The number of ketones is 1. The van der Waals surface area contributed by atoms with Gasteiger partial charge >= 0.3 is 6.03 Å². The van der Waals surface area contributed by atoms with Crippen molar-refractivity contribution in [1.82, 2.24) is 4.98 Å². The van der Waals surface area contributed by atoms with Gasteiger partial charge in [0.05, 0.1) is 11.4 Å². The SMILES string of the molecule is CN(C)c1ccc(NC(=O)Nc2nc(CSc3ccccc3)c(S(C)(=O)=O)s2)c(C(=O)C2CCCC2)c1. The first kappa shape index (κ1) is 27.2. The number of aromatic nitrogens is 1. The van der Waals surface area contributed by atoms with Gasteiger partial charge in [0, 0.05) is 48.2 Å². The number of amides is 2. The highest BCUT2D eigenvalue weighted by Crippen LogP contribution is 2.34. The van der Waals surface area contributed by atoms with Gasteiger partial charge in [-0.25, -0.2) is 18.2 Å². The molecule has 1 fully saturated rings. The number of carbonyl (C=O) groups is 2. The molecule has 2 amide bonds. The Morgan fingerprint density at radius 2 is 1.78 bits per heavy atom. The second-order valence-corrected chi connectivity index (χ2v) is 13.4. The van der Waals surface area contributed by atoms with Gasteiger partial charge in [-0.3, -0.25) is 10.1 Å². The van der Waals surface area contributed by atoms with Crippen LogP contribution in [-0.2, 0) is 15.6 Å². The van der Waals surface area contributed by atoms with Gasteiger partial charge < -0.3 is 10.2 Å². The van der Waals surface area contributed by atoms with E-state index in [1.807, 2.05) is 55.4 Å². The third kappa shape index (κ3) is 6.91. The largest absolute Gasteiger partial charge is 0.378 e. The molecule has 8 nitrogen and oxygen atoms in total. The number of nitrogens with zero attached hydrogens (tertiary/aromatic N) is 2. The van der Waals surface area contributed by atoms with Gasteiger partial charge in [-0.2, -0.15) is 0 Å². The fourth-order valence-electron chi connectivity index (χ4n) is 4.22. The fourth-order valence-corrected chi connectivity index (χ4v) is 7.37. The first-order valence-corrected chi connectivity index (χ1v) is 15.6. The molecule has 0 bridgehead atoms. The van der Waals surface area contributed by atoms with Gasteiger partial charge in [-0.1, -0.05) is 42.4 Å². The van der Waals surface area contributed by atoms with E-state index in [4.69, 9.17) is 0 Å². The van der Waals surface area contributed by atoms with E-state index < -0.39 is 15.9 Å². The molecule has 0 unspecified atom stereocenters. The van der Waals surface area contributed by atoms with E-state index in [0.29, 0.717) is 22.7 Å². The van der Waals surface area contributed by atoms with E-state index >= 15 is 0 Å². The third-order valence-electron chi connectivity index (χ3n) is 6.10. The van der Waals surface area contributed by atoms with Crippen molar-refractivity contribution >= 4 is 61.3 Å². The number of thioether (sulfide) groups is 1. The van der Waals surface area contributed by atoms with E-state index in [9.17, 15) is 18.0 Å². The lowest BCUT2D eigenvalue weighted by Gasteiger charge is -2.18. The molecule has 1 aliphatic carbocycles. The molecular weight excluding hydrogens is 529 g/mol. The normalized spacial score (nSPS) is 13.9. The molecule has 0 atom stereocenters. The average Bonchev–Trinajstić information content (AvgIpc) is 3.53. The number of rotatable bonds is 9. The molecule has 0 saturated heterocycles. The number of anilines is 3. The number of thiazole rings is 1. The van der Waals surface area contributed by atoms with Crippen molar-refractivity contribution in [3.63, 3.8) is 0 Å². The lowest BCUT2D eigenvalue weighted by atomic mass is 9.94. The van der Waals surface area contributed by atoms with Crippen LogP contribution < -0.4 is 15.5 Å². The molecule has 0 aliphatic heterocycles. The monoisotopic (exact) mass is 558 g/mol. The van der Waals surface area contributed by atoms with Gasteiger partial charge in [0.1, 0.15) is 4.21 Å². The van der Waals surface area contributed by atoms with E-state index in [1.165, 1.54) is 11.8 Å². The molecule has 1 aromatic heterocycles. The molecule has 2 aromatic carbocycles. The van der Waals surface area contributed by atoms with Crippen molar-refractivity contribution in [3.8, 4) is 0 Å². The lowest BCUT2D eigenvalue weighted by molar-refractivity contribution is 0.0923. The minimum absolute atomic E-state index is 0.0327. The molecule has 11 heteroatoms. The van der Waals surface area contributed by atoms with Crippen LogP contribution in [0.3, 0.4) is 0 Å². The first-order valence-electron chi connectivity index (χ1n) is 11.9. The molecule has 2 N–H and O–H groups in total. The van der Waals surface area contributed by atoms with Crippen LogP contribution in [0.25, 0.3) is 0 Å². The van der Waals surface area contributed by atoms with Crippen LogP contribution in [-0.4, -0.2) is 45.6 Å². The van der Waals surface area contributed by atoms with E-state index in [-0.39, 0.29) is 21.0 Å². The maximum Gasteiger partial charge on any atom is 0.325 e. The highest BCUT2D eigenvalue weighted by molar-refractivity contribution is 7.98. The van der Waals surface area contributed by atoms with Gasteiger partial charge in [0.15, 0.2) is 20.8 Å². The number of urea groups is 1. The molecular formula is C26H30N4O4S3. The summed E-state index contributed by atoms with van der Waals surface area (Å²) < 4.78 is 24.9. The number of hydrogen-bond acceptors (Lipinski definition) is 8. The maximum absolute atomic E-state index is 13.3. The highest BCUT2D eigenvalue weighted by atomic mass is 32.2. The van der Waals surface area contributed by atoms with Crippen LogP contribution in [0.15, 0.2) is 57.6 Å². The summed E-state index contributed by atoms with van der Waals surface area (Å²) in [6.07, 6.45) is 4.91. The van der Waals surface area contributed by atoms with Crippen molar-refractivity contribution in [3.05, 3.63) is 59.8 Å².